The molecule has 0 saturated carbocycles. The Bertz CT molecular complexity index is 377. The molecule has 0 fully saturated rings. The highest BCUT2D eigenvalue weighted by Crippen LogP contribution is 2.30. The summed E-state index contributed by atoms with van der Waals surface area (Å²) in [5, 5.41) is 18.5. The molecule has 3 heteroatoms. The minimum absolute atomic E-state index is 0.101. The van der Waals surface area contributed by atoms with E-state index in [0.29, 0.717) is 5.56 Å². The largest absolute Gasteiger partial charge is 0.481 e. The number of rotatable bonds is 3. The molecule has 0 unspecified atom stereocenters. The van der Waals surface area contributed by atoms with Gasteiger partial charge in [0.1, 0.15) is 0 Å². The van der Waals surface area contributed by atoms with Crippen LogP contribution in [0.3, 0.4) is 0 Å². The first-order valence-corrected chi connectivity index (χ1v) is 5.31. The number of carbonyl (C=O) groups is 1. The van der Waals surface area contributed by atoms with Crippen LogP contribution in [0.1, 0.15) is 44.4 Å². The molecule has 0 aromatic heterocycles. The minimum atomic E-state index is -0.990. The Balaban J connectivity index is 3.08. The zero-order valence-electron chi connectivity index (χ0n) is 9.90. The fraction of sp³-hybridized carbons (Fsp3) is 0.462. The average molecular weight is 222 g/mol. The van der Waals surface area contributed by atoms with Crippen molar-refractivity contribution in [1.82, 2.24) is 0 Å². The van der Waals surface area contributed by atoms with E-state index in [9.17, 15) is 9.90 Å². The normalized spacial score (nSPS) is 13.5. The van der Waals surface area contributed by atoms with E-state index in [4.69, 9.17) is 5.11 Å². The van der Waals surface area contributed by atoms with Crippen molar-refractivity contribution in [2.45, 2.75) is 38.7 Å². The molecule has 0 spiro atoms. The van der Waals surface area contributed by atoms with Gasteiger partial charge in [0.05, 0.1) is 12.5 Å². The van der Waals surface area contributed by atoms with E-state index in [1.807, 2.05) is 39.0 Å². The number of carboxylic acids is 1. The van der Waals surface area contributed by atoms with Crippen molar-refractivity contribution >= 4 is 5.97 Å². The van der Waals surface area contributed by atoms with Crippen molar-refractivity contribution in [1.29, 1.82) is 0 Å². The second kappa shape index (κ2) is 4.66. The molecule has 3 nitrogen and oxygen atoms in total. The zero-order chi connectivity index (χ0) is 12.3. The number of benzene rings is 1. The summed E-state index contributed by atoms with van der Waals surface area (Å²) in [5.74, 6) is -0.990. The van der Waals surface area contributed by atoms with Crippen LogP contribution in [0.4, 0.5) is 0 Å². The molecule has 0 heterocycles. The second-order valence-corrected chi connectivity index (χ2v) is 4.95. The van der Waals surface area contributed by atoms with Gasteiger partial charge in [0.25, 0.3) is 0 Å². The summed E-state index contributed by atoms with van der Waals surface area (Å²) >= 11 is 0. The maximum absolute atomic E-state index is 10.6. The second-order valence-electron chi connectivity index (χ2n) is 4.95. The molecule has 0 aliphatic rings. The van der Waals surface area contributed by atoms with E-state index >= 15 is 0 Å². The van der Waals surface area contributed by atoms with Gasteiger partial charge in [-0.1, -0.05) is 45.0 Å². The molecule has 0 saturated heterocycles. The summed E-state index contributed by atoms with van der Waals surface area (Å²) in [6.07, 6.45) is -1.19. The maximum Gasteiger partial charge on any atom is 0.306 e. The van der Waals surface area contributed by atoms with Gasteiger partial charge in [0, 0.05) is 0 Å². The van der Waals surface area contributed by atoms with Crippen LogP contribution in [0.2, 0.25) is 0 Å². The lowest BCUT2D eigenvalue weighted by Crippen LogP contribution is -2.17. The number of aliphatic hydroxyl groups excluding tert-OH is 1. The first-order valence-electron chi connectivity index (χ1n) is 5.31. The van der Waals surface area contributed by atoms with Crippen LogP contribution in [0.5, 0.6) is 0 Å². The smallest absolute Gasteiger partial charge is 0.306 e. The lowest BCUT2D eigenvalue weighted by Gasteiger charge is -2.24. The summed E-state index contributed by atoms with van der Waals surface area (Å²) in [6, 6.07) is 7.43. The SMILES string of the molecule is CC(C)(C)c1ccccc1[C@H](O)CC(=O)O. The summed E-state index contributed by atoms with van der Waals surface area (Å²) < 4.78 is 0. The van der Waals surface area contributed by atoms with Crippen LogP contribution in [0.15, 0.2) is 24.3 Å². The summed E-state index contributed by atoms with van der Waals surface area (Å²) in [6.45, 7) is 6.12. The van der Waals surface area contributed by atoms with Gasteiger partial charge in [-0.3, -0.25) is 4.79 Å². The third kappa shape index (κ3) is 3.07. The van der Waals surface area contributed by atoms with E-state index in [1.165, 1.54) is 0 Å². The van der Waals surface area contributed by atoms with Crippen LogP contribution < -0.4 is 0 Å². The van der Waals surface area contributed by atoms with Gasteiger partial charge in [0.15, 0.2) is 0 Å². The van der Waals surface area contributed by atoms with Gasteiger partial charge < -0.3 is 10.2 Å². The van der Waals surface area contributed by atoms with Crippen LogP contribution in [-0.2, 0) is 10.2 Å². The Labute approximate surface area is 95.7 Å². The van der Waals surface area contributed by atoms with Gasteiger partial charge in [-0.2, -0.15) is 0 Å². The summed E-state index contributed by atoms with van der Waals surface area (Å²) in [5.41, 5.74) is 1.59. The van der Waals surface area contributed by atoms with Crippen molar-refractivity contribution in [2.75, 3.05) is 0 Å². The minimum Gasteiger partial charge on any atom is -0.481 e. The molecular formula is C13H18O3. The third-order valence-corrected chi connectivity index (χ3v) is 2.50. The van der Waals surface area contributed by atoms with Gasteiger partial charge >= 0.3 is 5.97 Å². The van der Waals surface area contributed by atoms with Crippen LogP contribution in [-0.4, -0.2) is 16.2 Å². The Morgan fingerprint density at radius 3 is 2.38 bits per heavy atom. The highest BCUT2D eigenvalue weighted by atomic mass is 16.4. The monoisotopic (exact) mass is 222 g/mol. The van der Waals surface area contributed by atoms with Crippen LogP contribution in [0, 0.1) is 0 Å². The lowest BCUT2D eigenvalue weighted by atomic mass is 9.82. The van der Waals surface area contributed by atoms with Crippen LogP contribution >= 0.6 is 0 Å². The fourth-order valence-electron chi connectivity index (χ4n) is 1.75. The van der Waals surface area contributed by atoms with E-state index < -0.39 is 12.1 Å². The first-order chi connectivity index (χ1) is 7.32. The highest BCUT2D eigenvalue weighted by Gasteiger charge is 2.22. The van der Waals surface area contributed by atoms with Crippen molar-refractivity contribution in [3.05, 3.63) is 35.4 Å². The standard InChI is InChI=1S/C13H18O3/c1-13(2,3)10-7-5-4-6-9(10)11(14)8-12(15)16/h4-7,11,14H,8H2,1-3H3,(H,15,16)/t11-/m1/s1. The number of carboxylic acid groups (broad SMARTS) is 1. The topological polar surface area (TPSA) is 57.5 Å². The molecule has 1 aromatic carbocycles. The van der Waals surface area contributed by atoms with Crippen LogP contribution in [0.25, 0.3) is 0 Å². The predicted octanol–water partition coefficient (Wildman–Crippen LogP) is 2.49. The van der Waals surface area contributed by atoms with Gasteiger partial charge in [-0.25, -0.2) is 0 Å². The Hall–Kier alpha value is -1.35. The van der Waals surface area contributed by atoms with E-state index in [2.05, 4.69) is 0 Å². The molecule has 0 aliphatic carbocycles. The molecule has 2 N–H and O–H groups in total. The Morgan fingerprint density at radius 1 is 1.31 bits per heavy atom. The quantitative estimate of drug-likeness (QED) is 0.826. The molecule has 0 radical (unpaired) electrons. The van der Waals surface area contributed by atoms with Crippen molar-refractivity contribution in [2.24, 2.45) is 0 Å². The van der Waals surface area contributed by atoms with E-state index in [1.54, 1.807) is 6.07 Å². The number of hydrogen-bond acceptors (Lipinski definition) is 2. The van der Waals surface area contributed by atoms with E-state index in [-0.39, 0.29) is 11.8 Å². The van der Waals surface area contributed by atoms with Crippen molar-refractivity contribution < 1.29 is 15.0 Å². The summed E-state index contributed by atoms with van der Waals surface area (Å²) in [7, 11) is 0. The Kier molecular flexibility index (Phi) is 3.70. The molecular weight excluding hydrogens is 204 g/mol. The maximum atomic E-state index is 10.6. The average Bonchev–Trinajstić information content (AvgIpc) is 2.15. The molecule has 1 rings (SSSR count). The van der Waals surface area contributed by atoms with E-state index in [0.717, 1.165) is 5.56 Å². The van der Waals surface area contributed by atoms with Gasteiger partial charge in [-0.05, 0) is 16.5 Å². The molecule has 0 aliphatic heterocycles. The van der Waals surface area contributed by atoms with Crippen molar-refractivity contribution in [3.63, 3.8) is 0 Å². The van der Waals surface area contributed by atoms with Crippen molar-refractivity contribution in [3.8, 4) is 0 Å². The van der Waals surface area contributed by atoms with Gasteiger partial charge in [0.2, 0.25) is 0 Å². The zero-order valence-corrected chi connectivity index (χ0v) is 9.90. The lowest BCUT2D eigenvalue weighted by molar-refractivity contribution is -0.139. The molecule has 16 heavy (non-hydrogen) atoms. The Morgan fingerprint density at radius 2 is 1.88 bits per heavy atom. The number of hydrogen-bond donors (Lipinski definition) is 2. The highest BCUT2D eigenvalue weighted by molar-refractivity contribution is 5.67. The third-order valence-electron chi connectivity index (χ3n) is 2.50. The molecule has 1 aromatic rings. The van der Waals surface area contributed by atoms with Gasteiger partial charge in [-0.15, -0.1) is 0 Å². The molecule has 1 atom stereocenters. The molecule has 88 valence electrons. The number of aliphatic hydroxyl groups is 1. The number of aliphatic carboxylic acids is 1. The molecule has 0 bridgehead atoms. The molecule has 0 amide bonds. The first kappa shape index (κ1) is 12.7. The fourth-order valence-corrected chi connectivity index (χ4v) is 1.75. The summed E-state index contributed by atoms with van der Waals surface area (Å²) in [4.78, 5) is 10.6. The predicted molar refractivity (Wildman–Crippen MR) is 62.4 cm³/mol.